The predicted molar refractivity (Wildman–Crippen MR) is 105 cm³/mol. The molecule has 0 amide bonds. The van der Waals surface area contributed by atoms with E-state index in [1.165, 1.54) is 6.92 Å². The van der Waals surface area contributed by atoms with Gasteiger partial charge in [0.25, 0.3) is 0 Å². The third-order valence-electron chi connectivity index (χ3n) is 6.48. The summed E-state index contributed by atoms with van der Waals surface area (Å²) in [7, 11) is 0. The fourth-order valence-corrected chi connectivity index (χ4v) is 4.74. The van der Waals surface area contributed by atoms with Crippen LogP contribution in [0.4, 0.5) is 0 Å². The number of nitrogens with two attached hydrogens (primary N) is 1. The van der Waals surface area contributed by atoms with Crippen molar-refractivity contribution in [2.45, 2.75) is 33.2 Å². The topological polar surface area (TPSA) is 138 Å². The van der Waals surface area contributed by atoms with E-state index in [4.69, 9.17) is 5.73 Å². The first-order valence-corrected chi connectivity index (χ1v) is 9.28. The number of carbonyl (C=O) groups is 3. The minimum Gasteiger partial charge on any atom is -0.510 e. The van der Waals surface area contributed by atoms with E-state index in [0.717, 1.165) is 6.92 Å². The van der Waals surface area contributed by atoms with Crippen LogP contribution in [0.25, 0.3) is 10.8 Å². The largest absolute Gasteiger partial charge is 0.510 e. The van der Waals surface area contributed by atoms with Crippen molar-refractivity contribution < 1.29 is 29.7 Å². The Bertz CT molecular complexity index is 1180. The van der Waals surface area contributed by atoms with Gasteiger partial charge in [0.15, 0.2) is 17.3 Å². The second kappa shape index (κ2) is 5.90. The summed E-state index contributed by atoms with van der Waals surface area (Å²) in [6.45, 7) is 4.24. The number of aliphatic hydroxyl groups is 1. The molecular formula is C22H21NO6. The first-order valence-electron chi connectivity index (χ1n) is 9.28. The summed E-state index contributed by atoms with van der Waals surface area (Å²) in [5.74, 6) is -3.89. The minimum absolute atomic E-state index is 0.0341. The fraction of sp³-hybridized carbons (Fsp3) is 0.318. The van der Waals surface area contributed by atoms with Crippen molar-refractivity contribution >= 4 is 28.1 Å². The molecule has 2 aliphatic rings. The van der Waals surface area contributed by atoms with Crippen LogP contribution in [-0.4, -0.2) is 38.7 Å². The zero-order valence-electron chi connectivity index (χ0n) is 16.2. The number of phenols is 2. The molecule has 2 aromatic carbocycles. The van der Waals surface area contributed by atoms with Crippen molar-refractivity contribution in [1.29, 1.82) is 0 Å². The van der Waals surface area contributed by atoms with Gasteiger partial charge < -0.3 is 21.1 Å². The summed E-state index contributed by atoms with van der Waals surface area (Å²) in [6, 6.07) is 3.96. The molecule has 0 radical (unpaired) electrons. The SMILES string of the molecule is CC(=O)C1=C(O)C2(C)C(=O)c3c(cc4ccc(C)c(O)c4c3O)CC2[C@@H](N)C1=O. The molecule has 2 aliphatic carbocycles. The lowest BCUT2D eigenvalue weighted by molar-refractivity contribution is -0.124. The average Bonchev–Trinajstić information content (AvgIpc) is 2.65. The number of benzene rings is 2. The van der Waals surface area contributed by atoms with Gasteiger partial charge >= 0.3 is 0 Å². The minimum atomic E-state index is -1.63. The van der Waals surface area contributed by atoms with Gasteiger partial charge in [-0.3, -0.25) is 14.4 Å². The van der Waals surface area contributed by atoms with Gasteiger partial charge in [0.05, 0.1) is 22.4 Å². The number of Topliss-reactive ketones (excluding diaryl/α,β-unsaturated/α-hetero) is 3. The number of aliphatic hydroxyl groups excluding tert-OH is 1. The fourth-order valence-electron chi connectivity index (χ4n) is 4.74. The molecule has 2 unspecified atom stereocenters. The van der Waals surface area contributed by atoms with Crippen LogP contribution in [0, 0.1) is 18.3 Å². The van der Waals surface area contributed by atoms with Crippen molar-refractivity contribution in [1.82, 2.24) is 0 Å². The maximum atomic E-state index is 13.6. The van der Waals surface area contributed by atoms with Crippen LogP contribution >= 0.6 is 0 Å². The monoisotopic (exact) mass is 395 g/mol. The van der Waals surface area contributed by atoms with Crippen LogP contribution < -0.4 is 5.73 Å². The van der Waals surface area contributed by atoms with E-state index in [9.17, 15) is 29.7 Å². The van der Waals surface area contributed by atoms with Crippen molar-refractivity contribution in [2.75, 3.05) is 0 Å². The highest BCUT2D eigenvalue weighted by molar-refractivity contribution is 6.24. The summed E-state index contributed by atoms with van der Waals surface area (Å²) in [5.41, 5.74) is 5.00. The van der Waals surface area contributed by atoms with Crippen LogP contribution in [0.5, 0.6) is 11.5 Å². The zero-order chi connectivity index (χ0) is 21.4. The van der Waals surface area contributed by atoms with Crippen LogP contribution in [0.2, 0.25) is 0 Å². The van der Waals surface area contributed by atoms with Crippen LogP contribution in [0.15, 0.2) is 29.5 Å². The molecule has 0 aliphatic heterocycles. The number of phenolic OH excluding ortho intramolecular Hbond substituents is 2. The van der Waals surface area contributed by atoms with Gasteiger partial charge in [-0.15, -0.1) is 0 Å². The van der Waals surface area contributed by atoms with E-state index in [0.29, 0.717) is 16.5 Å². The third-order valence-corrected chi connectivity index (χ3v) is 6.48. The Labute approximate surface area is 166 Å². The van der Waals surface area contributed by atoms with Gasteiger partial charge in [0.2, 0.25) is 0 Å². The van der Waals surface area contributed by atoms with Crippen molar-refractivity contribution in [2.24, 2.45) is 17.1 Å². The Morgan fingerprint density at radius 1 is 1.17 bits per heavy atom. The van der Waals surface area contributed by atoms with Crippen molar-refractivity contribution in [3.8, 4) is 11.5 Å². The number of ketones is 3. The van der Waals surface area contributed by atoms with Gasteiger partial charge in [-0.05, 0) is 43.7 Å². The number of hydrogen-bond acceptors (Lipinski definition) is 7. The standard InChI is InChI=1S/C22H21NO6/c1-8-4-5-10-6-11-7-12-16(23)19(27)13(9(2)24)20(28)22(12,3)21(29)15(11)18(26)14(10)17(8)25/h4-6,12,16,25-26,28H,7,23H2,1-3H3/t12?,16-,22?/m1/s1. The van der Waals surface area contributed by atoms with E-state index in [1.54, 1.807) is 25.1 Å². The van der Waals surface area contributed by atoms with Gasteiger partial charge in [0, 0.05) is 5.92 Å². The molecule has 150 valence electrons. The molecule has 0 bridgehead atoms. The summed E-state index contributed by atoms with van der Waals surface area (Å²) in [5, 5.41) is 32.8. The average molecular weight is 395 g/mol. The molecule has 0 fully saturated rings. The Kier molecular flexibility index (Phi) is 3.90. The lowest BCUT2D eigenvalue weighted by atomic mass is 9.56. The molecule has 2 aromatic rings. The molecule has 3 atom stereocenters. The molecule has 7 nitrogen and oxygen atoms in total. The smallest absolute Gasteiger partial charge is 0.186 e. The van der Waals surface area contributed by atoms with Gasteiger partial charge in [-0.25, -0.2) is 0 Å². The highest BCUT2D eigenvalue weighted by Crippen LogP contribution is 2.53. The van der Waals surface area contributed by atoms with Crippen LogP contribution in [-0.2, 0) is 16.0 Å². The van der Waals surface area contributed by atoms with E-state index < -0.39 is 46.1 Å². The molecule has 0 aromatic heterocycles. The van der Waals surface area contributed by atoms with Crippen molar-refractivity contribution in [3.05, 3.63) is 46.2 Å². The molecule has 5 N–H and O–H groups in total. The number of aryl methyl sites for hydroxylation is 1. The maximum Gasteiger partial charge on any atom is 0.186 e. The summed E-state index contributed by atoms with van der Waals surface area (Å²) < 4.78 is 0. The van der Waals surface area contributed by atoms with Crippen molar-refractivity contribution in [3.63, 3.8) is 0 Å². The molecular weight excluding hydrogens is 374 g/mol. The Morgan fingerprint density at radius 2 is 1.83 bits per heavy atom. The quantitative estimate of drug-likeness (QED) is 0.543. The Balaban J connectivity index is 2.06. The normalized spacial score (nSPS) is 26.5. The van der Waals surface area contributed by atoms with E-state index >= 15 is 0 Å². The Hall–Kier alpha value is -3.19. The highest BCUT2D eigenvalue weighted by atomic mass is 16.3. The van der Waals surface area contributed by atoms with Gasteiger partial charge in [-0.1, -0.05) is 18.2 Å². The predicted octanol–water partition coefficient (Wildman–Crippen LogP) is 2.23. The second-order valence-electron chi connectivity index (χ2n) is 8.10. The molecule has 0 saturated heterocycles. The van der Waals surface area contributed by atoms with E-state index in [1.807, 2.05) is 0 Å². The first kappa shape index (κ1) is 19.1. The number of rotatable bonds is 1. The van der Waals surface area contributed by atoms with Crippen LogP contribution in [0.1, 0.15) is 35.3 Å². The summed E-state index contributed by atoms with van der Waals surface area (Å²) in [6.07, 6.45) is 0.151. The van der Waals surface area contributed by atoms with E-state index in [2.05, 4.69) is 0 Å². The second-order valence-corrected chi connectivity index (χ2v) is 8.10. The first-order chi connectivity index (χ1) is 13.5. The van der Waals surface area contributed by atoms with Crippen LogP contribution in [0.3, 0.4) is 0 Å². The number of carbonyl (C=O) groups excluding carboxylic acids is 3. The van der Waals surface area contributed by atoms with Gasteiger partial charge in [0.1, 0.15) is 22.8 Å². The number of fused-ring (bicyclic) bond motifs is 3. The lowest BCUT2D eigenvalue weighted by Crippen LogP contribution is -2.58. The molecule has 0 spiro atoms. The molecule has 4 rings (SSSR count). The summed E-state index contributed by atoms with van der Waals surface area (Å²) in [4.78, 5) is 38.1. The molecule has 29 heavy (non-hydrogen) atoms. The summed E-state index contributed by atoms with van der Waals surface area (Å²) >= 11 is 0. The third kappa shape index (κ3) is 2.25. The Morgan fingerprint density at radius 3 is 2.45 bits per heavy atom. The van der Waals surface area contributed by atoms with E-state index in [-0.39, 0.29) is 28.9 Å². The highest BCUT2D eigenvalue weighted by Gasteiger charge is 2.58. The molecule has 0 saturated carbocycles. The number of aromatic hydroxyl groups is 2. The molecule has 0 heterocycles. The lowest BCUT2D eigenvalue weighted by Gasteiger charge is -2.46. The number of hydrogen-bond donors (Lipinski definition) is 4. The maximum absolute atomic E-state index is 13.6. The zero-order valence-corrected chi connectivity index (χ0v) is 16.2. The molecule has 7 heteroatoms. The van der Waals surface area contributed by atoms with Gasteiger partial charge in [-0.2, -0.15) is 0 Å². The number of allylic oxidation sites excluding steroid dienone is 1.